The summed E-state index contributed by atoms with van der Waals surface area (Å²) in [5.74, 6) is 1.21. The monoisotopic (exact) mass is 304 g/mol. The number of rotatable bonds is 6. The van der Waals surface area contributed by atoms with E-state index in [-0.39, 0.29) is 11.9 Å². The molecule has 118 valence electrons. The number of aromatic nitrogens is 1. The topological polar surface area (TPSA) is 68.8 Å². The van der Waals surface area contributed by atoms with Crippen molar-refractivity contribution in [1.82, 2.24) is 10.5 Å². The Morgan fingerprint density at radius 1 is 1.36 bits per heavy atom. The van der Waals surface area contributed by atoms with Crippen molar-refractivity contribution in [2.24, 2.45) is 0 Å². The van der Waals surface area contributed by atoms with Crippen LogP contribution < -0.4 is 15.0 Å². The Balaban J connectivity index is 2.03. The highest BCUT2D eigenvalue weighted by molar-refractivity contribution is 5.92. The van der Waals surface area contributed by atoms with Gasteiger partial charge in [0.25, 0.3) is 5.91 Å². The lowest BCUT2D eigenvalue weighted by Gasteiger charge is -2.22. The first kappa shape index (κ1) is 16.0. The molecule has 0 aliphatic carbocycles. The van der Waals surface area contributed by atoms with Crippen molar-refractivity contribution < 1.29 is 19.0 Å². The average molecular weight is 304 g/mol. The van der Waals surface area contributed by atoms with Crippen molar-refractivity contribution in [2.75, 3.05) is 27.7 Å². The predicted molar refractivity (Wildman–Crippen MR) is 82.1 cm³/mol. The fourth-order valence-electron chi connectivity index (χ4n) is 2.25. The SMILES string of the molecule is COc1ccc([C@@H](CNC(=O)c2cc(C)on2)[NH+](C)C)cc1. The standard InChI is InChI=1S/C16H21N3O3/c1-11-9-14(18-22-11)16(20)17-10-15(19(2)3)12-5-7-13(21-4)8-6-12/h5-9,15H,10H2,1-4H3,(H,17,20)/p+1/t15-/m1/s1. The summed E-state index contributed by atoms with van der Waals surface area (Å²) in [6.45, 7) is 2.27. The maximum absolute atomic E-state index is 12.1. The number of likely N-dealkylation sites (N-methyl/N-ethyl adjacent to an activating group) is 1. The van der Waals surface area contributed by atoms with Gasteiger partial charge in [0.2, 0.25) is 0 Å². The number of benzene rings is 1. The Labute approximate surface area is 130 Å². The summed E-state index contributed by atoms with van der Waals surface area (Å²) in [6, 6.07) is 9.65. The summed E-state index contributed by atoms with van der Waals surface area (Å²) >= 11 is 0. The summed E-state index contributed by atoms with van der Waals surface area (Å²) in [4.78, 5) is 13.3. The van der Waals surface area contributed by atoms with Gasteiger partial charge >= 0.3 is 0 Å². The van der Waals surface area contributed by atoms with E-state index >= 15 is 0 Å². The van der Waals surface area contributed by atoms with Crippen LogP contribution in [-0.2, 0) is 0 Å². The van der Waals surface area contributed by atoms with Crippen LogP contribution >= 0.6 is 0 Å². The number of carbonyl (C=O) groups excluding carboxylic acids is 1. The van der Waals surface area contributed by atoms with E-state index in [1.807, 2.05) is 24.3 Å². The molecular weight excluding hydrogens is 282 g/mol. The first-order valence-electron chi connectivity index (χ1n) is 7.16. The van der Waals surface area contributed by atoms with Gasteiger partial charge in [0.15, 0.2) is 5.69 Å². The van der Waals surface area contributed by atoms with Crippen molar-refractivity contribution in [2.45, 2.75) is 13.0 Å². The second-order valence-electron chi connectivity index (χ2n) is 5.44. The largest absolute Gasteiger partial charge is 0.497 e. The van der Waals surface area contributed by atoms with Gasteiger partial charge in [-0.2, -0.15) is 0 Å². The average Bonchev–Trinajstić information content (AvgIpc) is 2.94. The first-order chi connectivity index (χ1) is 10.5. The van der Waals surface area contributed by atoms with Gasteiger partial charge < -0.3 is 19.5 Å². The Hall–Kier alpha value is -2.34. The minimum Gasteiger partial charge on any atom is -0.497 e. The number of quaternary nitrogens is 1. The van der Waals surface area contributed by atoms with Crippen molar-refractivity contribution >= 4 is 5.91 Å². The first-order valence-corrected chi connectivity index (χ1v) is 7.16. The fourth-order valence-corrected chi connectivity index (χ4v) is 2.25. The number of carbonyl (C=O) groups is 1. The lowest BCUT2D eigenvalue weighted by molar-refractivity contribution is -0.890. The van der Waals surface area contributed by atoms with E-state index < -0.39 is 0 Å². The van der Waals surface area contributed by atoms with Crippen LogP contribution in [-0.4, -0.2) is 38.8 Å². The van der Waals surface area contributed by atoms with E-state index in [0.29, 0.717) is 18.0 Å². The summed E-state index contributed by atoms with van der Waals surface area (Å²) in [7, 11) is 5.76. The summed E-state index contributed by atoms with van der Waals surface area (Å²) in [5, 5.41) is 6.63. The van der Waals surface area contributed by atoms with Crippen molar-refractivity contribution in [3.05, 3.63) is 47.3 Å². The molecule has 1 heterocycles. The lowest BCUT2D eigenvalue weighted by Crippen LogP contribution is -3.07. The molecule has 0 aliphatic heterocycles. The van der Waals surface area contributed by atoms with Crippen molar-refractivity contribution in [1.29, 1.82) is 0 Å². The van der Waals surface area contributed by atoms with Crippen LogP contribution in [0.3, 0.4) is 0 Å². The Bertz CT molecular complexity index is 620. The zero-order chi connectivity index (χ0) is 16.1. The molecule has 6 heteroatoms. The molecule has 2 aromatic rings. The number of aryl methyl sites for hydroxylation is 1. The number of hydrogen-bond donors (Lipinski definition) is 2. The molecule has 0 aliphatic rings. The number of methoxy groups -OCH3 is 1. The molecule has 1 aromatic carbocycles. The Kier molecular flexibility index (Phi) is 5.16. The van der Waals surface area contributed by atoms with E-state index in [4.69, 9.17) is 9.26 Å². The molecule has 0 saturated carbocycles. The molecule has 0 radical (unpaired) electrons. The normalized spacial score (nSPS) is 12.2. The van der Waals surface area contributed by atoms with E-state index in [9.17, 15) is 4.79 Å². The molecule has 1 amide bonds. The van der Waals surface area contributed by atoms with Gasteiger partial charge in [0.05, 0.1) is 27.7 Å². The van der Waals surface area contributed by atoms with Crippen LogP contribution in [0.4, 0.5) is 0 Å². The highest BCUT2D eigenvalue weighted by Gasteiger charge is 2.20. The van der Waals surface area contributed by atoms with Crippen LogP contribution in [0.1, 0.15) is 27.9 Å². The predicted octanol–water partition coefficient (Wildman–Crippen LogP) is 0.607. The molecule has 22 heavy (non-hydrogen) atoms. The highest BCUT2D eigenvalue weighted by atomic mass is 16.5. The molecule has 0 unspecified atom stereocenters. The smallest absolute Gasteiger partial charge is 0.273 e. The maximum Gasteiger partial charge on any atom is 0.273 e. The van der Waals surface area contributed by atoms with E-state index in [0.717, 1.165) is 11.3 Å². The van der Waals surface area contributed by atoms with E-state index in [2.05, 4.69) is 24.6 Å². The minimum absolute atomic E-state index is 0.142. The molecule has 1 aromatic heterocycles. The molecule has 0 bridgehead atoms. The van der Waals surface area contributed by atoms with Crippen LogP contribution in [0.2, 0.25) is 0 Å². The summed E-state index contributed by atoms with van der Waals surface area (Å²) in [5.41, 5.74) is 1.44. The number of nitrogens with one attached hydrogen (secondary N) is 2. The van der Waals surface area contributed by atoms with Crippen molar-refractivity contribution in [3.8, 4) is 5.75 Å². The van der Waals surface area contributed by atoms with Crippen LogP contribution in [0.15, 0.2) is 34.9 Å². The summed E-state index contributed by atoms with van der Waals surface area (Å²) < 4.78 is 10.1. The lowest BCUT2D eigenvalue weighted by atomic mass is 10.1. The molecule has 0 spiro atoms. The zero-order valence-electron chi connectivity index (χ0n) is 13.3. The van der Waals surface area contributed by atoms with Gasteiger partial charge in [-0.25, -0.2) is 0 Å². The van der Waals surface area contributed by atoms with Gasteiger partial charge in [0, 0.05) is 11.6 Å². The zero-order valence-corrected chi connectivity index (χ0v) is 13.3. The third kappa shape index (κ3) is 3.85. The summed E-state index contributed by atoms with van der Waals surface area (Å²) in [6.07, 6.45) is 0. The molecular formula is C16H22N3O3+. The number of hydrogen-bond acceptors (Lipinski definition) is 4. The van der Waals surface area contributed by atoms with Gasteiger partial charge in [-0.3, -0.25) is 4.79 Å². The van der Waals surface area contributed by atoms with Crippen molar-refractivity contribution in [3.63, 3.8) is 0 Å². The van der Waals surface area contributed by atoms with Gasteiger partial charge in [-0.1, -0.05) is 5.16 Å². The third-order valence-corrected chi connectivity index (χ3v) is 3.54. The van der Waals surface area contributed by atoms with Crippen LogP contribution in [0.5, 0.6) is 5.75 Å². The molecule has 6 nitrogen and oxygen atoms in total. The number of amides is 1. The van der Waals surface area contributed by atoms with Gasteiger partial charge in [-0.05, 0) is 31.2 Å². The second-order valence-corrected chi connectivity index (χ2v) is 5.44. The van der Waals surface area contributed by atoms with Crippen LogP contribution in [0.25, 0.3) is 0 Å². The molecule has 1 atom stereocenters. The maximum atomic E-state index is 12.1. The Morgan fingerprint density at radius 3 is 2.55 bits per heavy atom. The van der Waals surface area contributed by atoms with Gasteiger partial charge in [0.1, 0.15) is 17.6 Å². The molecule has 2 rings (SSSR count). The number of nitrogens with zero attached hydrogens (tertiary/aromatic N) is 1. The van der Waals surface area contributed by atoms with E-state index in [1.54, 1.807) is 20.1 Å². The molecule has 2 N–H and O–H groups in total. The minimum atomic E-state index is -0.225. The highest BCUT2D eigenvalue weighted by Crippen LogP contribution is 2.15. The number of ether oxygens (including phenoxy) is 1. The van der Waals surface area contributed by atoms with E-state index in [1.165, 1.54) is 4.90 Å². The molecule has 0 fully saturated rings. The Morgan fingerprint density at radius 2 is 2.05 bits per heavy atom. The van der Waals surface area contributed by atoms with Crippen LogP contribution in [0, 0.1) is 6.92 Å². The second kappa shape index (κ2) is 7.09. The molecule has 0 saturated heterocycles. The quantitative estimate of drug-likeness (QED) is 0.820. The third-order valence-electron chi connectivity index (χ3n) is 3.54. The van der Waals surface area contributed by atoms with Gasteiger partial charge in [-0.15, -0.1) is 0 Å². The fraction of sp³-hybridized carbons (Fsp3) is 0.375.